The molecule has 1 heterocycles. The van der Waals surface area contributed by atoms with Gasteiger partial charge in [0.05, 0.1) is 0 Å². The number of hydrogen-bond acceptors (Lipinski definition) is 7. The summed E-state index contributed by atoms with van der Waals surface area (Å²) in [6.07, 6.45) is 11.0. The summed E-state index contributed by atoms with van der Waals surface area (Å²) in [6.45, 7) is 0. The van der Waals surface area contributed by atoms with Crippen LogP contribution in [0.1, 0.15) is 23.1 Å². The van der Waals surface area contributed by atoms with Crippen LogP contribution >= 0.6 is 0 Å². The summed E-state index contributed by atoms with van der Waals surface area (Å²) in [5.74, 6) is -0.236. The zero-order valence-electron chi connectivity index (χ0n) is 16.6. The lowest BCUT2D eigenvalue weighted by molar-refractivity contribution is -0.111. The third-order valence-electron chi connectivity index (χ3n) is 4.14. The molecule has 0 fully saturated rings. The number of nitrogens with one attached hydrogen (secondary N) is 5. The van der Waals surface area contributed by atoms with Crippen molar-refractivity contribution < 1.29 is 9.53 Å². The molecule has 0 aliphatic rings. The number of carbonyl (C=O) groups is 1. The molecule has 0 radical (unpaired) electrons. The van der Waals surface area contributed by atoms with Gasteiger partial charge in [0.2, 0.25) is 5.91 Å². The summed E-state index contributed by atoms with van der Waals surface area (Å²) in [5.41, 5.74) is 3.99. The van der Waals surface area contributed by atoms with E-state index in [2.05, 4.69) is 20.4 Å². The first-order valence-corrected chi connectivity index (χ1v) is 9.21. The molecule has 1 aromatic heterocycles. The Labute approximate surface area is 175 Å². The number of pyridine rings is 1. The van der Waals surface area contributed by atoms with Gasteiger partial charge in [0.25, 0.3) is 0 Å². The van der Waals surface area contributed by atoms with Crippen molar-refractivity contribution in [3.8, 4) is 0 Å². The molecule has 0 saturated carbocycles. The highest BCUT2D eigenvalue weighted by molar-refractivity contribution is 6.02. The lowest BCUT2D eigenvalue weighted by atomic mass is 10.1. The number of anilines is 1. The summed E-state index contributed by atoms with van der Waals surface area (Å²) in [7, 11) is 1.77. The Balaban J connectivity index is 2.00. The number of allylic oxidation sites excluding steroid dienone is 1. The molecule has 1 aromatic carbocycles. The van der Waals surface area contributed by atoms with Gasteiger partial charge in [0.1, 0.15) is 0 Å². The van der Waals surface area contributed by atoms with E-state index in [4.69, 9.17) is 16.2 Å². The van der Waals surface area contributed by atoms with Crippen LogP contribution in [0.5, 0.6) is 0 Å². The number of carbonyl (C=O) groups excluding carboxylic acids is 1. The second-order valence-electron chi connectivity index (χ2n) is 6.14. The van der Waals surface area contributed by atoms with Gasteiger partial charge in [-0.05, 0) is 42.3 Å². The first-order chi connectivity index (χ1) is 14.6. The fourth-order valence-electron chi connectivity index (χ4n) is 2.67. The van der Waals surface area contributed by atoms with Crippen molar-refractivity contribution in [2.45, 2.75) is 12.8 Å². The minimum atomic E-state index is -0.277. The molecule has 0 unspecified atom stereocenters. The van der Waals surface area contributed by atoms with E-state index in [-0.39, 0.29) is 11.8 Å². The van der Waals surface area contributed by atoms with E-state index in [1.54, 1.807) is 43.7 Å². The highest BCUT2D eigenvalue weighted by Gasteiger charge is 2.05. The summed E-state index contributed by atoms with van der Waals surface area (Å²) in [6, 6.07) is 9.15. The fraction of sp³-hybridized carbons (Fsp3) is 0.136. The molecule has 2 aromatic rings. The second kappa shape index (κ2) is 11.7. The van der Waals surface area contributed by atoms with Crippen molar-refractivity contribution in [1.82, 2.24) is 10.3 Å². The molecule has 0 aliphatic carbocycles. The fourth-order valence-corrected chi connectivity index (χ4v) is 2.67. The maximum atomic E-state index is 12.3. The van der Waals surface area contributed by atoms with Crippen molar-refractivity contribution in [2.24, 2.45) is 0 Å². The lowest BCUT2D eigenvalue weighted by Gasteiger charge is -2.09. The number of nitrogens with zero attached hydrogens (tertiary/aromatic N) is 1. The van der Waals surface area contributed by atoms with Gasteiger partial charge in [-0.1, -0.05) is 12.1 Å². The Morgan fingerprint density at radius 1 is 1.20 bits per heavy atom. The number of hydrogen-bond donors (Lipinski definition) is 5. The van der Waals surface area contributed by atoms with Crippen molar-refractivity contribution in [3.05, 3.63) is 71.6 Å². The quantitative estimate of drug-likeness (QED) is 0.235. The second-order valence-corrected chi connectivity index (χ2v) is 6.14. The van der Waals surface area contributed by atoms with Crippen LogP contribution in [-0.2, 0) is 16.0 Å². The third kappa shape index (κ3) is 6.83. The maximum absolute atomic E-state index is 12.3. The average Bonchev–Trinajstić information content (AvgIpc) is 2.76. The van der Waals surface area contributed by atoms with Gasteiger partial charge in [0.15, 0.2) is 12.3 Å². The van der Waals surface area contributed by atoms with Crippen LogP contribution in [0.2, 0.25) is 0 Å². The number of aromatic nitrogens is 1. The zero-order valence-corrected chi connectivity index (χ0v) is 16.6. The highest BCUT2D eigenvalue weighted by Crippen LogP contribution is 2.17. The maximum Gasteiger partial charge on any atom is 0.248 e. The minimum Gasteiger partial charge on any atom is -0.433 e. The molecular weight excluding hydrogens is 380 g/mol. The predicted molar refractivity (Wildman–Crippen MR) is 120 cm³/mol. The topological polar surface area (TPSA) is 135 Å². The van der Waals surface area contributed by atoms with E-state index in [9.17, 15) is 4.79 Å². The van der Waals surface area contributed by atoms with E-state index < -0.39 is 0 Å². The van der Waals surface area contributed by atoms with Crippen molar-refractivity contribution in [3.63, 3.8) is 0 Å². The average molecular weight is 404 g/mol. The monoisotopic (exact) mass is 404 g/mol. The van der Waals surface area contributed by atoms with E-state index >= 15 is 0 Å². The number of rotatable bonds is 10. The molecule has 154 valence electrons. The molecular formula is C22H24N6O2. The molecule has 30 heavy (non-hydrogen) atoms. The van der Waals surface area contributed by atoms with Crippen molar-refractivity contribution in [2.75, 3.05) is 12.4 Å². The van der Waals surface area contributed by atoms with Gasteiger partial charge in [-0.2, -0.15) is 0 Å². The summed E-state index contributed by atoms with van der Waals surface area (Å²) < 4.78 is 4.68. The molecule has 2 rings (SSSR count). The number of amides is 1. The molecule has 0 spiro atoms. The standard InChI is InChI=1S/C22H24N6O2/c1-26-20(10-12-23)19-11-13-27-14-17(19)5-9-22(29)28-18-6-2-16(3-7-18)4-8-21(25)30-15-24/h2-3,5-7,9-15,23-26H,4,8H2,1H3,(H,28,29)/b9-5+,20-10-,23-12?,24-15?,25-21?. The van der Waals surface area contributed by atoms with E-state index in [0.29, 0.717) is 18.5 Å². The van der Waals surface area contributed by atoms with Gasteiger partial charge in [0, 0.05) is 60.7 Å². The number of aryl methyl sites for hydroxylation is 1. The van der Waals surface area contributed by atoms with E-state index in [1.165, 1.54) is 12.3 Å². The Morgan fingerprint density at radius 3 is 2.63 bits per heavy atom. The largest absolute Gasteiger partial charge is 0.433 e. The number of benzene rings is 1. The molecule has 0 atom stereocenters. The molecule has 0 aliphatic heterocycles. The molecule has 1 amide bonds. The Kier molecular flexibility index (Phi) is 8.67. The molecule has 8 heteroatoms. The van der Waals surface area contributed by atoms with Crippen LogP contribution in [0.25, 0.3) is 11.8 Å². The van der Waals surface area contributed by atoms with Crippen LogP contribution in [0, 0.1) is 16.2 Å². The van der Waals surface area contributed by atoms with Gasteiger partial charge in [-0.15, -0.1) is 0 Å². The van der Waals surface area contributed by atoms with Crippen LogP contribution in [-0.4, -0.2) is 36.5 Å². The summed E-state index contributed by atoms with van der Waals surface area (Å²) >= 11 is 0. The van der Waals surface area contributed by atoms with Crippen LogP contribution in [0.15, 0.2) is 54.9 Å². The summed E-state index contributed by atoms with van der Waals surface area (Å²) in [4.78, 5) is 16.4. The molecule has 0 saturated heterocycles. The molecule has 0 bridgehead atoms. The SMILES string of the molecule is CN/C(=C\C=N)c1ccncc1/C=C/C(=O)Nc1ccc(CCC(=N)OC=N)cc1. The Bertz CT molecular complexity index is 964. The minimum absolute atomic E-state index is 0.0409. The first kappa shape index (κ1) is 22.2. The van der Waals surface area contributed by atoms with Crippen LogP contribution in [0.3, 0.4) is 0 Å². The van der Waals surface area contributed by atoms with Gasteiger partial charge in [-0.25, -0.2) is 0 Å². The number of ether oxygens (including phenoxy) is 1. The van der Waals surface area contributed by atoms with Crippen LogP contribution in [0.4, 0.5) is 5.69 Å². The molecule has 8 nitrogen and oxygen atoms in total. The Hall–Kier alpha value is -4.07. The van der Waals surface area contributed by atoms with Gasteiger partial charge < -0.3 is 20.8 Å². The van der Waals surface area contributed by atoms with Crippen molar-refractivity contribution >= 4 is 41.9 Å². The lowest BCUT2D eigenvalue weighted by Crippen LogP contribution is -2.09. The normalized spacial score (nSPS) is 11.0. The Morgan fingerprint density at radius 2 is 1.97 bits per heavy atom. The van der Waals surface area contributed by atoms with E-state index in [1.807, 2.05) is 18.2 Å². The predicted octanol–water partition coefficient (Wildman–Crippen LogP) is 3.48. The van der Waals surface area contributed by atoms with Crippen LogP contribution < -0.4 is 10.6 Å². The molecule has 5 N–H and O–H groups in total. The third-order valence-corrected chi connectivity index (χ3v) is 4.14. The van der Waals surface area contributed by atoms with Gasteiger partial charge >= 0.3 is 0 Å². The summed E-state index contributed by atoms with van der Waals surface area (Å²) in [5, 5.41) is 27.4. The highest BCUT2D eigenvalue weighted by atomic mass is 16.5. The smallest absolute Gasteiger partial charge is 0.248 e. The first-order valence-electron chi connectivity index (χ1n) is 9.21. The van der Waals surface area contributed by atoms with E-state index in [0.717, 1.165) is 28.8 Å². The van der Waals surface area contributed by atoms with Gasteiger partial charge in [-0.3, -0.25) is 20.6 Å². The zero-order chi connectivity index (χ0) is 21.8. The van der Waals surface area contributed by atoms with Crippen molar-refractivity contribution in [1.29, 1.82) is 16.2 Å².